The van der Waals surface area contributed by atoms with E-state index in [0.717, 1.165) is 17.3 Å². The molecular formula is C12H18ClNOS. The van der Waals surface area contributed by atoms with Crippen LogP contribution in [-0.4, -0.2) is 25.5 Å². The third-order valence-corrected chi connectivity index (χ3v) is 3.17. The third kappa shape index (κ3) is 4.24. The van der Waals surface area contributed by atoms with Crippen LogP contribution in [0.15, 0.2) is 23.1 Å². The normalized spacial score (nSPS) is 12.5. The Kier molecular flexibility index (Phi) is 6.03. The summed E-state index contributed by atoms with van der Waals surface area (Å²) in [5.41, 5.74) is 1.08. The first kappa shape index (κ1) is 13.7. The van der Waals surface area contributed by atoms with Crippen molar-refractivity contribution in [3.8, 4) is 0 Å². The summed E-state index contributed by atoms with van der Waals surface area (Å²) in [6.45, 7) is 5.55. The Morgan fingerprint density at radius 2 is 2.25 bits per heavy atom. The molecule has 90 valence electrons. The molecule has 0 aliphatic carbocycles. The number of anilines is 1. The lowest BCUT2D eigenvalue weighted by molar-refractivity contribution is 0.141. The molecule has 1 rings (SSSR count). The predicted octanol–water partition coefficient (Wildman–Crippen LogP) is 3.90. The van der Waals surface area contributed by atoms with E-state index in [1.165, 1.54) is 4.90 Å². The first-order valence-corrected chi connectivity index (χ1v) is 6.95. The molecule has 0 amide bonds. The number of hydrogen-bond donors (Lipinski definition) is 1. The highest BCUT2D eigenvalue weighted by atomic mass is 35.5. The van der Waals surface area contributed by atoms with Gasteiger partial charge in [0, 0.05) is 28.3 Å². The van der Waals surface area contributed by atoms with Crippen molar-refractivity contribution in [2.75, 3.05) is 24.8 Å². The Morgan fingerprint density at radius 3 is 2.88 bits per heavy atom. The number of halogens is 1. The molecule has 0 spiro atoms. The van der Waals surface area contributed by atoms with Gasteiger partial charge in [-0.25, -0.2) is 0 Å². The van der Waals surface area contributed by atoms with Crippen LogP contribution in [0.5, 0.6) is 0 Å². The van der Waals surface area contributed by atoms with Crippen molar-refractivity contribution in [2.45, 2.75) is 24.8 Å². The van der Waals surface area contributed by atoms with Crippen molar-refractivity contribution in [2.24, 2.45) is 0 Å². The SMILES string of the molecule is CCOCC(C)Nc1cc(Cl)ccc1SC. The number of ether oxygens (including phenoxy) is 1. The summed E-state index contributed by atoms with van der Waals surface area (Å²) < 4.78 is 5.37. The fraction of sp³-hybridized carbons (Fsp3) is 0.500. The summed E-state index contributed by atoms with van der Waals surface area (Å²) in [6.07, 6.45) is 2.06. The summed E-state index contributed by atoms with van der Waals surface area (Å²) in [5.74, 6) is 0. The minimum atomic E-state index is 0.282. The molecule has 0 saturated carbocycles. The van der Waals surface area contributed by atoms with Crippen LogP contribution in [0, 0.1) is 0 Å². The Hall–Kier alpha value is -0.380. The molecule has 0 saturated heterocycles. The van der Waals surface area contributed by atoms with E-state index in [0.29, 0.717) is 6.61 Å². The topological polar surface area (TPSA) is 21.3 Å². The Morgan fingerprint density at radius 1 is 1.50 bits per heavy atom. The quantitative estimate of drug-likeness (QED) is 0.783. The number of rotatable bonds is 6. The van der Waals surface area contributed by atoms with Crippen LogP contribution in [0.1, 0.15) is 13.8 Å². The summed E-state index contributed by atoms with van der Waals surface area (Å²) in [5, 5.41) is 4.16. The highest BCUT2D eigenvalue weighted by Gasteiger charge is 2.06. The Bertz CT molecular complexity index is 333. The molecule has 1 atom stereocenters. The molecule has 1 aromatic carbocycles. The summed E-state index contributed by atoms with van der Waals surface area (Å²) in [4.78, 5) is 1.20. The largest absolute Gasteiger partial charge is 0.380 e. The second-order valence-corrected chi connectivity index (χ2v) is 4.83. The van der Waals surface area contributed by atoms with Crippen LogP contribution in [0.25, 0.3) is 0 Å². The van der Waals surface area contributed by atoms with Crippen LogP contribution >= 0.6 is 23.4 Å². The first-order valence-electron chi connectivity index (χ1n) is 5.35. The molecule has 0 aromatic heterocycles. The maximum atomic E-state index is 5.98. The van der Waals surface area contributed by atoms with E-state index in [9.17, 15) is 0 Å². The lowest BCUT2D eigenvalue weighted by Gasteiger charge is -2.17. The van der Waals surface area contributed by atoms with Gasteiger partial charge in [0.15, 0.2) is 0 Å². The fourth-order valence-corrected chi connectivity index (χ4v) is 2.11. The number of nitrogens with one attached hydrogen (secondary N) is 1. The number of thioether (sulfide) groups is 1. The third-order valence-electron chi connectivity index (χ3n) is 2.14. The van der Waals surface area contributed by atoms with E-state index >= 15 is 0 Å². The van der Waals surface area contributed by atoms with Gasteiger partial charge in [0.05, 0.1) is 6.61 Å². The van der Waals surface area contributed by atoms with Crippen molar-refractivity contribution >= 4 is 29.1 Å². The number of benzene rings is 1. The van der Waals surface area contributed by atoms with Crippen molar-refractivity contribution in [1.29, 1.82) is 0 Å². The van der Waals surface area contributed by atoms with E-state index in [1.807, 2.05) is 25.1 Å². The fourth-order valence-electron chi connectivity index (χ4n) is 1.39. The zero-order valence-corrected chi connectivity index (χ0v) is 11.5. The average molecular weight is 260 g/mol. The zero-order valence-electron chi connectivity index (χ0n) is 9.92. The molecule has 1 aromatic rings. The van der Waals surface area contributed by atoms with Crippen molar-refractivity contribution < 1.29 is 4.74 Å². The lowest BCUT2D eigenvalue weighted by atomic mass is 10.2. The van der Waals surface area contributed by atoms with Crippen LogP contribution < -0.4 is 5.32 Å². The van der Waals surface area contributed by atoms with Crippen molar-refractivity contribution in [3.63, 3.8) is 0 Å². The van der Waals surface area contributed by atoms with E-state index in [-0.39, 0.29) is 6.04 Å². The van der Waals surface area contributed by atoms with Crippen LogP contribution in [0.2, 0.25) is 5.02 Å². The number of hydrogen-bond acceptors (Lipinski definition) is 3. The molecular weight excluding hydrogens is 242 g/mol. The first-order chi connectivity index (χ1) is 7.67. The lowest BCUT2D eigenvalue weighted by Crippen LogP contribution is -2.22. The molecule has 0 aliphatic heterocycles. The van der Waals surface area contributed by atoms with Crippen molar-refractivity contribution in [3.05, 3.63) is 23.2 Å². The maximum absolute atomic E-state index is 5.98. The molecule has 4 heteroatoms. The molecule has 0 radical (unpaired) electrons. The highest BCUT2D eigenvalue weighted by Crippen LogP contribution is 2.28. The minimum absolute atomic E-state index is 0.282. The van der Waals surface area contributed by atoms with E-state index < -0.39 is 0 Å². The second kappa shape index (κ2) is 7.05. The maximum Gasteiger partial charge on any atom is 0.0664 e. The van der Waals surface area contributed by atoms with Gasteiger partial charge in [-0.15, -0.1) is 11.8 Å². The highest BCUT2D eigenvalue weighted by molar-refractivity contribution is 7.98. The Labute approximate surface area is 107 Å². The standard InChI is InChI=1S/C12H18ClNOS/c1-4-15-8-9(2)14-11-7-10(13)5-6-12(11)16-3/h5-7,9,14H,4,8H2,1-3H3. The van der Waals surface area contributed by atoms with Gasteiger partial charge in [-0.05, 0) is 38.3 Å². The van der Waals surface area contributed by atoms with Crippen LogP contribution in [0.3, 0.4) is 0 Å². The molecule has 0 fully saturated rings. The van der Waals surface area contributed by atoms with Gasteiger partial charge in [-0.2, -0.15) is 0 Å². The van der Waals surface area contributed by atoms with Crippen LogP contribution in [0.4, 0.5) is 5.69 Å². The van der Waals surface area contributed by atoms with Gasteiger partial charge in [-0.1, -0.05) is 11.6 Å². The van der Waals surface area contributed by atoms with Gasteiger partial charge in [0.1, 0.15) is 0 Å². The van der Waals surface area contributed by atoms with Crippen LogP contribution in [-0.2, 0) is 4.74 Å². The van der Waals surface area contributed by atoms with E-state index in [2.05, 4.69) is 18.5 Å². The summed E-state index contributed by atoms with van der Waals surface area (Å²) in [6, 6.07) is 6.17. The minimum Gasteiger partial charge on any atom is -0.380 e. The molecule has 1 unspecified atom stereocenters. The molecule has 2 nitrogen and oxygen atoms in total. The zero-order chi connectivity index (χ0) is 12.0. The van der Waals surface area contributed by atoms with E-state index in [1.54, 1.807) is 11.8 Å². The van der Waals surface area contributed by atoms with E-state index in [4.69, 9.17) is 16.3 Å². The Balaban J connectivity index is 2.67. The van der Waals surface area contributed by atoms with Crippen molar-refractivity contribution in [1.82, 2.24) is 0 Å². The molecule has 0 aliphatic rings. The molecule has 0 bridgehead atoms. The second-order valence-electron chi connectivity index (χ2n) is 3.55. The molecule has 16 heavy (non-hydrogen) atoms. The summed E-state index contributed by atoms with van der Waals surface area (Å²) >= 11 is 7.69. The average Bonchev–Trinajstić information content (AvgIpc) is 2.27. The van der Waals surface area contributed by atoms with Gasteiger partial charge in [0.25, 0.3) is 0 Å². The summed E-state index contributed by atoms with van der Waals surface area (Å²) in [7, 11) is 0. The van der Waals surface area contributed by atoms with Gasteiger partial charge in [0.2, 0.25) is 0 Å². The van der Waals surface area contributed by atoms with Gasteiger partial charge < -0.3 is 10.1 Å². The molecule has 1 N–H and O–H groups in total. The predicted molar refractivity (Wildman–Crippen MR) is 72.8 cm³/mol. The van der Waals surface area contributed by atoms with Gasteiger partial charge in [-0.3, -0.25) is 0 Å². The van der Waals surface area contributed by atoms with Gasteiger partial charge >= 0.3 is 0 Å². The molecule has 0 heterocycles. The monoisotopic (exact) mass is 259 g/mol. The smallest absolute Gasteiger partial charge is 0.0664 e.